The summed E-state index contributed by atoms with van der Waals surface area (Å²) in [5, 5.41) is 16.7. The van der Waals surface area contributed by atoms with E-state index in [4.69, 9.17) is 0 Å². The van der Waals surface area contributed by atoms with Crippen LogP contribution in [-0.4, -0.2) is 30.0 Å². The lowest BCUT2D eigenvalue weighted by Crippen LogP contribution is -2.33. The standard InChI is InChI=1S/C21H26N4O3/c1-15-10-12-24(13-11-15)19-8-6-17(7-9-19)22-16(2)21(26)23-18-4-3-5-20(14-18)25(27)28/h3-9,14-16,22H,10-13H2,1-2H3,(H,23,26). The highest BCUT2D eigenvalue weighted by Gasteiger charge is 2.17. The number of anilines is 3. The van der Waals surface area contributed by atoms with Gasteiger partial charge in [-0.1, -0.05) is 13.0 Å². The van der Waals surface area contributed by atoms with E-state index in [2.05, 4.69) is 34.6 Å². The quantitative estimate of drug-likeness (QED) is 0.575. The summed E-state index contributed by atoms with van der Waals surface area (Å²) in [5.74, 6) is 0.539. The number of nitrogens with one attached hydrogen (secondary N) is 2. The first-order valence-corrected chi connectivity index (χ1v) is 9.59. The maximum atomic E-state index is 12.4. The number of nitro benzene ring substituents is 1. The van der Waals surface area contributed by atoms with Gasteiger partial charge in [-0.3, -0.25) is 14.9 Å². The summed E-state index contributed by atoms with van der Waals surface area (Å²) in [6.07, 6.45) is 2.43. The number of carbonyl (C=O) groups is 1. The molecule has 0 saturated carbocycles. The number of hydrogen-bond acceptors (Lipinski definition) is 5. The van der Waals surface area contributed by atoms with Crippen molar-refractivity contribution >= 4 is 28.7 Å². The van der Waals surface area contributed by atoms with E-state index < -0.39 is 11.0 Å². The Morgan fingerprint density at radius 1 is 1.14 bits per heavy atom. The Morgan fingerprint density at radius 3 is 2.46 bits per heavy atom. The van der Waals surface area contributed by atoms with Crippen molar-refractivity contribution in [3.8, 4) is 0 Å². The lowest BCUT2D eigenvalue weighted by atomic mass is 9.99. The second-order valence-corrected chi connectivity index (χ2v) is 7.38. The summed E-state index contributed by atoms with van der Waals surface area (Å²) in [4.78, 5) is 25.1. The summed E-state index contributed by atoms with van der Waals surface area (Å²) in [5.41, 5.74) is 2.41. The van der Waals surface area contributed by atoms with E-state index in [1.807, 2.05) is 12.1 Å². The smallest absolute Gasteiger partial charge is 0.271 e. The fraction of sp³-hybridized carbons (Fsp3) is 0.381. The van der Waals surface area contributed by atoms with Crippen LogP contribution in [0.1, 0.15) is 26.7 Å². The minimum absolute atomic E-state index is 0.0545. The molecule has 1 heterocycles. The number of amides is 1. The maximum Gasteiger partial charge on any atom is 0.271 e. The van der Waals surface area contributed by atoms with Crippen LogP contribution in [0.25, 0.3) is 0 Å². The minimum Gasteiger partial charge on any atom is -0.374 e. The fourth-order valence-corrected chi connectivity index (χ4v) is 3.30. The molecule has 2 aromatic rings. The molecule has 7 nitrogen and oxygen atoms in total. The predicted octanol–water partition coefficient (Wildman–Crippen LogP) is 4.27. The Balaban J connectivity index is 1.56. The number of rotatable bonds is 6. The molecule has 7 heteroatoms. The highest BCUT2D eigenvalue weighted by molar-refractivity contribution is 5.96. The molecule has 0 aromatic heterocycles. The second kappa shape index (κ2) is 8.73. The van der Waals surface area contributed by atoms with Gasteiger partial charge in [0.25, 0.3) is 5.69 Å². The molecule has 0 aliphatic carbocycles. The predicted molar refractivity (Wildman–Crippen MR) is 112 cm³/mol. The molecule has 28 heavy (non-hydrogen) atoms. The maximum absolute atomic E-state index is 12.4. The minimum atomic E-state index is -0.485. The SMILES string of the molecule is CC1CCN(c2ccc(NC(C)C(=O)Nc3cccc([N+](=O)[O-])c3)cc2)CC1. The second-order valence-electron chi connectivity index (χ2n) is 7.38. The Kier molecular flexibility index (Phi) is 6.13. The molecular weight excluding hydrogens is 356 g/mol. The summed E-state index contributed by atoms with van der Waals surface area (Å²) in [7, 11) is 0. The number of nitro groups is 1. The summed E-state index contributed by atoms with van der Waals surface area (Å²) in [6, 6.07) is 13.5. The Labute approximate surface area is 164 Å². The van der Waals surface area contributed by atoms with E-state index in [0.29, 0.717) is 5.69 Å². The third-order valence-corrected chi connectivity index (χ3v) is 5.12. The normalized spacial score (nSPS) is 15.7. The lowest BCUT2D eigenvalue weighted by Gasteiger charge is -2.32. The number of hydrogen-bond donors (Lipinski definition) is 2. The van der Waals surface area contributed by atoms with Gasteiger partial charge < -0.3 is 15.5 Å². The van der Waals surface area contributed by atoms with Gasteiger partial charge in [-0.25, -0.2) is 0 Å². The van der Waals surface area contributed by atoms with Crippen LogP contribution in [-0.2, 0) is 4.79 Å². The molecule has 2 aromatic carbocycles. The third kappa shape index (κ3) is 5.00. The zero-order valence-electron chi connectivity index (χ0n) is 16.2. The average Bonchev–Trinajstić information content (AvgIpc) is 2.69. The lowest BCUT2D eigenvalue weighted by molar-refractivity contribution is -0.384. The van der Waals surface area contributed by atoms with Crippen molar-refractivity contribution in [2.45, 2.75) is 32.7 Å². The topological polar surface area (TPSA) is 87.5 Å². The molecule has 0 radical (unpaired) electrons. The van der Waals surface area contributed by atoms with Crippen LogP contribution < -0.4 is 15.5 Å². The van der Waals surface area contributed by atoms with E-state index in [-0.39, 0.29) is 11.6 Å². The van der Waals surface area contributed by atoms with Crippen molar-refractivity contribution in [3.05, 3.63) is 58.6 Å². The molecule has 1 aliphatic heterocycles. The number of non-ortho nitro benzene ring substituents is 1. The third-order valence-electron chi connectivity index (χ3n) is 5.12. The van der Waals surface area contributed by atoms with Crippen LogP contribution in [0.4, 0.5) is 22.7 Å². The van der Waals surface area contributed by atoms with E-state index in [1.54, 1.807) is 19.1 Å². The highest BCUT2D eigenvalue weighted by Crippen LogP contribution is 2.24. The highest BCUT2D eigenvalue weighted by atomic mass is 16.6. The Hall–Kier alpha value is -3.09. The van der Waals surface area contributed by atoms with Crippen molar-refractivity contribution in [1.82, 2.24) is 0 Å². The van der Waals surface area contributed by atoms with Crippen molar-refractivity contribution in [2.24, 2.45) is 5.92 Å². The van der Waals surface area contributed by atoms with Gasteiger partial charge in [0, 0.05) is 42.3 Å². The number of piperidine rings is 1. The summed E-state index contributed by atoms with van der Waals surface area (Å²) in [6.45, 7) is 6.21. The molecule has 0 spiro atoms. The Bertz CT molecular complexity index is 830. The molecule has 0 bridgehead atoms. The zero-order chi connectivity index (χ0) is 20.1. The molecule has 1 atom stereocenters. The largest absolute Gasteiger partial charge is 0.374 e. The van der Waals surface area contributed by atoms with Crippen LogP contribution in [0.5, 0.6) is 0 Å². The first-order chi connectivity index (χ1) is 13.4. The number of benzene rings is 2. The molecule has 1 unspecified atom stereocenters. The van der Waals surface area contributed by atoms with Gasteiger partial charge in [0.05, 0.1) is 4.92 Å². The van der Waals surface area contributed by atoms with Gasteiger partial charge in [0.1, 0.15) is 6.04 Å². The first-order valence-electron chi connectivity index (χ1n) is 9.59. The van der Waals surface area contributed by atoms with Crippen molar-refractivity contribution in [3.63, 3.8) is 0 Å². The molecule has 3 rings (SSSR count). The fourth-order valence-electron chi connectivity index (χ4n) is 3.30. The van der Waals surface area contributed by atoms with Crippen molar-refractivity contribution in [1.29, 1.82) is 0 Å². The molecule has 2 N–H and O–H groups in total. The summed E-state index contributed by atoms with van der Waals surface area (Å²) < 4.78 is 0. The average molecular weight is 382 g/mol. The van der Waals surface area contributed by atoms with Gasteiger partial charge in [-0.15, -0.1) is 0 Å². The molecular formula is C21H26N4O3. The number of carbonyl (C=O) groups excluding carboxylic acids is 1. The van der Waals surface area contributed by atoms with Gasteiger partial charge in [0.2, 0.25) is 5.91 Å². The van der Waals surface area contributed by atoms with Crippen molar-refractivity contribution < 1.29 is 9.72 Å². The van der Waals surface area contributed by atoms with Crippen LogP contribution in [0.3, 0.4) is 0 Å². The zero-order valence-corrected chi connectivity index (χ0v) is 16.2. The van der Waals surface area contributed by atoms with Gasteiger partial charge in [-0.2, -0.15) is 0 Å². The van der Waals surface area contributed by atoms with Crippen LogP contribution in [0, 0.1) is 16.0 Å². The molecule has 1 aliphatic rings. The van der Waals surface area contributed by atoms with E-state index in [1.165, 1.54) is 30.7 Å². The van der Waals surface area contributed by atoms with Crippen LogP contribution in [0.2, 0.25) is 0 Å². The van der Waals surface area contributed by atoms with Gasteiger partial charge in [0.15, 0.2) is 0 Å². The van der Waals surface area contributed by atoms with Crippen LogP contribution >= 0.6 is 0 Å². The van der Waals surface area contributed by atoms with Crippen molar-refractivity contribution in [2.75, 3.05) is 28.6 Å². The molecule has 1 amide bonds. The Morgan fingerprint density at radius 2 is 1.82 bits per heavy atom. The first kappa shape index (κ1) is 19.7. The monoisotopic (exact) mass is 382 g/mol. The van der Waals surface area contributed by atoms with Gasteiger partial charge >= 0.3 is 0 Å². The molecule has 1 fully saturated rings. The van der Waals surface area contributed by atoms with E-state index in [9.17, 15) is 14.9 Å². The number of nitrogens with zero attached hydrogens (tertiary/aromatic N) is 2. The molecule has 148 valence electrons. The summed E-state index contributed by atoms with van der Waals surface area (Å²) >= 11 is 0. The van der Waals surface area contributed by atoms with E-state index in [0.717, 1.165) is 24.7 Å². The van der Waals surface area contributed by atoms with Gasteiger partial charge in [-0.05, 0) is 56.0 Å². The molecule has 1 saturated heterocycles. The van der Waals surface area contributed by atoms with E-state index >= 15 is 0 Å². The van der Waals surface area contributed by atoms with Crippen LogP contribution in [0.15, 0.2) is 48.5 Å².